The number of likely N-dealkylation sites (N-methyl/N-ethyl adjacent to an activating group) is 1. The second-order valence-corrected chi connectivity index (χ2v) is 4.89. The topological polar surface area (TPSA) is 104 Å². The zero-order valence-corrected chi connectivity index (χ0v) is 12.8. The molecule has 0 aliphatic rings. The van der Waals surface area contributed by atoms with Gasteiger partial charge in [-0.2, -0.15) is 0 Å². The lowest BCUT2D eigenvalue weighted by atomic mass is 10.2. The number of pyridine rings is 1. The highest BCUT2D eigenvalue weighted by atomic mass is 16.5. The molecule has 120 valence electrons. The van der Waals surface area contributed by atoms with Gasteiger partial charge in [-0.25, -0.2) is 0 Å². The lowest BCUT2D eigenvalue weighted by molar-refractivity contribution is -0.120. The summed E-state index contributed by atoms with van der Waals surface area (Å²) < 4.78 is 5.44. The third-order valence-corrected chi connectivity index (χ3v) is 3.14. The summed E-state index contributed by atoms with van der Waals surface area (Å²) in [6, 6.07) is 10.5. The second-order valence-electron chi connectivity index (χ2n) is 4.89. The van der Waals surface area contributed by atoms with Crippen molar-refractivity contribution in [2.45, 2.75) is 0 Å². The SMILES string of the molecule is CN(CC(=O)NCOc1cccc(C(=N)N)c1)c1ccncc1. The number of nitrogens with two attached hydrogens (primary N) is 1. The molecule has 0 saturated carbocycles. The molecule has 1 amide bonds. The molecular formula is C16H19N5O2. The Bertz CT molecular complexity index is 675. The number of nitrogens with zero attached hydrogens (tertiary/aromatic N) is 2. The first kappa shape index (κ1) is 16.3. The molecule has 4 N–H and O–H groups in total. The third-order valence-electron chi connectivity index (χ3n) is 3.14. The number of amidine groups is 1. The van der Waals surface area contributed by atoms with Crippen molar-refractivity contribution < 1.29 is 9.53 Å². The van der Waals surface area contributed by atoms with E-state index in [1.807, 2.05) is 24.1 Å². The molecule has 7 heteroatoms. The molecule has 0 radical (unpaired) electrons. The third kappa shape index (κ3) is 4.99. The highest BCUT2D eigenvalue weighted by Gasteiger charge is 2.07. The number of carbonyl (C=O) groups is 1. The highest BCUT2D eigenvalue weighted by Crippen LogP contribution is 2.12. The van der Waals surface area contributed by atoms with Gasteiger partial charge in [-0.15, -0.1) is 0 Å². The van der Waals surface area contributed by atoms with Crippen LogP contribution in [-0.2, 0) is 4.79 Å². The molecule has 0 aliphatic heterocycles. The molecule has 1 aromatic heterocycles. The Morgan fingerprint density at radius 1 is 1.35 bits per heavy atom. The van der Waals surface area contributed by atoms with Gasteiger partial charge in [-0.3, -0.25) is 15.2 Å². The molecule has 0 spiro atoms. The van der Waals surface area contributed by atoms with Crippen LogP contribution in [0.25, 0.3) is 0 Å². The zero-order valence-electron chi connectivity index (χ0n) is 12.8. The average Bonchev–Trinajstić information content (AvgIpc) is 2.56. The van der Waals surface area contributed by atoms with Crippen molar-refractivity contribution in [3.05, 3.63) is 54.4 Å². The van der Waals surface area contributed by atoms with Crippen LogP contribution in [0.5, 0.6) is 5.75 Å². The van der Waals surface area contributed by atoms with Gasteiger partial charge in [-0.1, -0.05) is 12.1 Å². The minimum absolute atomic E-state index is 0.0292. The predicted octanol–water partition coefficient (Wildman–Crippen LogP) is 0.955. The van der Waals surface area contributed by atoms with E-state index in [-0.39, 0.29) is 25.0 Å². The van der Waals surface area contributed by atoms with E-state index in [1.165, 1.54) is 0 Å². The van der Waals surface area contributed by atoms with E-state index in [0.29, 0.717) is 11.3 Å². The molecule has 7 nitrogen and oxygen atoms in total. The minimum Gasteiger partial charge on any atom is -0.473 e. The summed E-state index contributed by atoms with van der Waals surface area (Å²) in [5, 5.41) is 10.1. The van der Waals surface area contributed by atoms with Crippen LogP contribution in [0.2, 0.25) is 0 Å². The lowest BCUT2D eigenvalue weighted by Gasteiger charge is -2.18. The Morgan fingerprint density at radius 2 is 2.09 bits per heavy atom. The monoisotopic (exact) mass is 313 g/mol. The van der Waals surface area contributed by atoms with E-state index >= 15 is 0 Å². The van der Waals surface area contributed by atoms with Crippen molar-refractivity contribution in [2.75, 3.05) is 25.2 Å². The molecule has 0 saturated heterocycles. The van der Waals surface area contributed by atoms with Gasteiger partial charge >= 0.3 is 0 Å². The molecule has 0 aliphatic carbocycles. The number of amides is 1. The van der Waals surface area contributed by atoms with Crippen molar-refractivity contribution in [3.63, 3.8) is 0 Å². The van der Waals surface area contributed by atoms with Crippen LogP contribution in [0, 0.1) is 5.41 Å². The number of nitrogen functional groups attached to an aromatic ring is 1. The number of hydrogen-bond acceptors (Lipinski definition) is 5. The van der Waals surface area contributed by atoms with Crippen molar-refractivity contribution in [2.24, 2.45) is 5.73 Å². The largest absolute Gasteiger partial charge is 0.473 e. The smallest absolute Gasteiger partial charge is 0.242 e. The summed E-state index contributed by atoms with van der Waals surface area (Å²) in [5.74, 6) is 0.353. The first-order valence-electron chi connectivity index (χ1n) is 7.01. The first-order valence-corrected chi connectivity index (χ1v) is 7.01. The minimum atomic E-state index is -0.160. The van der Waals surface area contributed by atoms with Crippen molar-refractivity contribution in [1.82, 2.24) is 10.3 Å². The molecule has 0 fully saturated rings. The van der Waals surface area contributed by atoms with E-state index in [9.17, 15) is 4.79 Å². The summed E-state index contributed by atoms with van der Waals surface area (Å²) in [5.41, 5.74) is 6.90. The van der Waals surface area contributed by atoms with E-state index in [4.69, 9.17) is 15.9 Å². The fourth-order valence-corrected chi connectivity index (χ4v) is 1.91. The van der Waals surface area contributed by atoms with Crippen LogP contribution < -0.4 is 20.7 Å². The number of anilines is 1. The summed E-state index contributed by atoms with van der Waals surface area (Å²) in [4.78, 5) is 17.6. The molecule has 23 heavy (non-hydrogen) atoms. The van der Waals surface area contributed by atoms with Crippen LogP contribution in [0.4, 0.5) is 5.69 Å². The number of rotatable bonds is 7. The number of ether oxygens (including phenoxy) is 1. The zero-order chi connectivity index (χ0) is 16.7. The van der Waals surface area contributed by atoms with Crippen molar-refractivity contribution >= 4 is 17.4 Å². The van der Waals surface area contributed by atoms with E-state index in [1.54, 1.807) is 36.7 Å². The van der Waals surface area contributed by atoms with Crippen LogP contribution in [0.3, 0.4) is 0 Å². The number of aromatic nitrogens is 1. The molecule has 1 aromatic carbocycles. The molecular weight excluding hydrogens is 294 g/mol. The fourth-order valence-electron chi connectivity index (χ4n) is 1.91. The Kier molecular flexibility index (Phi) is 5.51. The van der Waals surface area contributed by atoms with Gasteiger partial charge in [-0.05, 0) is 24.3 Å². The first-order chi connectivity index (χ1) is 11.1. The van der Waals surface area contributed by atoms with E-state index in [0.717, 1.165) is 5.69 Å². The van der Waals surface area contributed by atoms with Gasteiger partial charge in [0.05, 0.1) is 6.54 Å². The Labute approximate surface area is 134 Å². The Balaban J connectivity index is 1.79. The average molecular weight is 313 g/mol. The highest BCUT2D eigenvalue weighted by molar-refractivity contribution is 5.95. The van der Waals surface area contributed by atoms with Gasteiger partial charge in [0.25, 0.3) is 0 Å². The summed E-state index contributed by atoms with van der Waals surface area (Å²) in [6.07, 6.45) is 3.35. The maximum Gasteiger partial charge on any atom is 0.242 e. The van der Waals surface area contributed by atoms with Gasteiger partial charge in [0, 0.05) is 30.7 Å². The molecule has 1 heterocycles. The van der Waals surface area contributed by atoms with Crippen LogP contribution in [-0.4, -0.2) is 37.1 Å². The molecule has 2 aromatic rings. The maximum absolute atomic E-state index is 11.9. The molecule has 0 atom stereocenters. The summed E-state index contributed by atoms with van der Waals surface area (Å²) in [7, 11) is 1.83. The van der Waals surface area contributed by atoms with Crippen LogP contribution in [0.15, 0.2) is 48.8 Å². The fraction of sp³-hybridized carbons (Fsp3) is 0.188. The van der Waals surface area contributed by atoms with Crippen LogP contribution in [0.1, 0.15) is 5.56 Å². The summed E-state index contributed by atoms with van der Waals surface area (Å²) in [6.45, 7) is 0.255. The van der Waals surface area contributed by atoms with Gasteiger partial charge in [0.2, 0.25) is 5.91 Å². The number of benzene rings is 1. The van der Waals surface area contributed by atoms with E-state index < -0.39 is 0 Å². The molecule has 0 unspecified atom stereocenters. The second kappa shape index (κ2) is 7.79. The predicted molar refractivity (Wildman–Crippen MR) is 88.6 cm³/mol. The van der Waals surface area contributed by atoms with Crippen molar-refractivity contribution in [3.8, 4) is 5.75 Å². The number of nitrogens with one attached hydrogen (secondary N) is 2. The number of hydrogen-bond donors (Lipinski definition) is 3. The summed E-state index contributed by atoms with van der Waals surface area (Å²) >= 11 is 0. The van der Waals surface area contributed by atoms with Gasteiger partial charge in [0.1, 0.15) is 11.6 Å². The standard InChI is InChI=1S/C16H19N5O2/c1-21(13-5-7-19-8-6-13)10-15(22)20-11-23-14-4-2-3-12(9-14)16(17)18/h2-9H,10-11H2,1H3,(H3,17,18)(H,20,22). The van der Waals surface area contributed by atoms with Crippen LogP contribution >= 0.6 is 0 Å². The lowest BCUT2D eigenvalue weighted by Crippen LogP contribution is -2.37. The Morgan fingerprint density at radius 3 is 2.78 bits per heavy atom. The molecule has 2 rings (SSSR count). The van der Waals surface area contributed by atoms with E-state index in [2.05, 4.69) is 10.3 Å². The quantitative estimate of drug-likeness (QED) is 0.401. The molecule has 0 bridgehead atoms. The number of carbonyl (C=O) groups excluding carboxylic acids is 1. The van der Waals surface area contributed by atoms with Gasteiger partial charge < -0.3 is 20.7 Å². The maximum atomic E-state index is 11.9. The van der Waals surface area contributed by atoms with Gasteiger partial charge in [0.15, 0.2) is 6.73 Å². The van der Waals surface area contributed by atoms with Crippen molar-refractivity contribution in [1.29, 1.82) is 5.41 Å². The normalized spacial score (nSPS) is 9.96. The Hall–Kier alpha value is -3.09.